The molecule has 0 unspecified atom stereocenters. The first kappa shape index (κ1) is 20.0. The number of rotatable bonds is 5. The van der Waals surface area contributed by atoms with Crippen molar-refractivity contribution in [2.45, 2.75) is 57.7 Å². The molecule has 0 atom stereocenters. The first-order valence-electron chi connectivity index (χ1n) is 8.73. The summed E-state index contributed by atoms with van der Waals surface area (Å²) in [4.78, 5) is 41.7. The van der Waals surface area contributed by atoms with Gasteiger partial charge in [-0.05, 0) is 45.7 Å². The molecule has 1 aliphatic rings. The average molecular weight is 362 g/mol. The number of piperidine rings is 1. The maximum absolute atomic E-state index is 12.2. The Labute approximate surface area is 153 Å². The predicted molar refractivity (Wildman–Crippen MR) is 94.8 cm³/mol. The van der Waals surface area contributed by atoms with Crippen molar-refractivity contribution in [3.8, 4) is 0 Å². The topological polar surface area (TPSA) is 96.8 Å². The summed E-state index contributed by atoms with van der Waals surface area (Å²) < 4.78 is 5.32. The summed E-state index contributed by atoms with van der Waals surface area (Å²) in [6, 6.07) is 3.12. The molecular weight excluding hydrogens is 336 g/mol. The van der Waals surface area contributed by atoms with Crippen LogP contribution in [0.4, 0.5) is 4.79 Å². The van der Waals surface area contributed by atoms with E-state index < -0.39 is 17.3 Å². The molecule has 1 aromatic rings. The zero-order valence-electron chi connectivity index (χ0n) is 15.5. The van der Waals surface area contributed by atoms with Gasteiger partial charge >= 0.3 is 6.09 Å². The minimum Gasteiger partial charge on any atom is -0.444 e. The van der Waals surface area contributed by atoms with Crippen LogP contribution in [-0.4, -0.2) is 56.9 Å². The highest BCUT2D eigenvalue weighted by Gasteiger charge is 2.37. The second kappa shape index (κ2) is 7.95. The third-order valence-corrected chi connectivity index (χ3v) is 4.23. The van der Waals surface area contributed by atoms with Gasteiger partial charge in [-0.1, -0.05) is 0 Å². The van der Waals surface area contributed by atoms with Gasteiger partial charge in [-0.3, -0.25) is 14.6 Å². The van der Waals surface area contributed by atoms with Gasteiger partial charge in [0.25, 0.3) is 0 Å². The lowest BCUT2D eigenvalue weighted by molar-refractivity contribution is -0.125. The number of ether oxygens (including phenoxy) is 1. The van der Waals surface area contributed by atoms with Crippen LogP contribution in [0.5, 0.6) is 0 Å². The molecule has 2 heterocycles. The second-order valence-corrected chi connectivity index (χ2v) is 7.74. The molecule has 0 aromatic carbocycles. The lowest BCUT2D eigenvalue weighted by Crippen LogP contribution is -2.48. The van der Waals surface area contributed by atoms with E-state index in [1.165, 1.54) is 17.3 Å². The number of hydrogen-bond donors (Lipinski definition) is 1. The van der Waals surface area contributed by atoms with E-state index in [0.29, 0.717) is 18.7 Å². The van der Waals surface area contributed by atoms with Gasteiger partial charge in [-0.2, -0.15) is 0 Å². The number of amides is 1. The van der Waals surface area contributed by atoms with E-state index in [1.54, 1.807) is 32.9 Å². The van der Waals surface area contributed by atoms with Crippen molar-refractivity contribution in [3.05, 3.63) is 30.1 Å². The Hall–Kier alpha value is -2.28. The van der Waals surface area contributed by atoms with Gasteiger partial charge in [0.1, 0.15) is 11.4 Å². The van der Waals surface area contributed by atoms with Crippen LogP contribution in [0.2, 0.25) is 0 Å². The number of likely N-dealkylation sites (tertiary alicyclic amines) is 1. The molecule has 1 aromatic heterocycles. The van der Waals surface area contributed by atoms with Crippen molar-refractivity contribution in [1.82, 2.24) is 9.88 Å². The van der Waals surface area contributed by atoms with Crippen LogP contribution < -0.4 is 0 Å². The molecule has 7 nitrogen and oxygen atoms in total. The molecule has 0 bridgehead atoms. The first-order chi connectivity index (χ1) is 12.1. The van der Waals surface area contributed by atoms with Crippen LogP contribution in [0.3, 0.4) is 0 Å². The number of aromatic nitrogens is 1. The molecular formula is C19H26N2O5. The third-order valence-electron chi connectivity index (χ3n) is 4.23. The van der Waals surface area contributed by atoms with Crippen LogP contribution in [-0.2, 0) is 9.53 Å². The maximum Gasteiger partial charge on any atom is 0.410 e. The zero-order valence-corrected chi connectivity index (χ0v) is 15.5. The molecule has 142 valence electrons. The average Bonchev–Trinajstić information content (AvgIpc) is 2.54. The Morgan fingerprint density at radius 2 is 1.77 bits per heavy atom. The number of aliphatic hydroxyl groups is 1. The Morgan fingerprint density at radius 3 is 2.31 bits per heavy atom. The number of carbonyl (C=O) groups is 3. The Kier molecular flexibility index (Phi) is 6.13. The Bertz CT molecular complexity index is 658. The van der Waals surface area contributed by atoms with Crippen molar-refractivity contribution in [2.75, 3.05) is 13.1 Å². The van der Waals surface area contributed by atoms with Crippen molar-refractivity contribution in [3.63, 3.8) is 0 Å². The summed E-state index contributed by atoms with van der Waals surface area (Å²) in [5.41, 5.74) is -1.33. The van der Waals surface area contributed by atoms with E-state index in [9.17, 15) is 19.5 Å². The van der Waals surface area contributed by atoms with Crippen LogP contribution in [0.25, 0.3) is 0 Å². The largest absolute Gasteiger partial charge is 0.444 e. The van der Waals surface area contributed by atoms with Crippen molar-refractivity contribution < 1.29 is 24.2 Å². The molecule has 0 aliphatic carbocycles. The SMILES string of the molecule is CC(C)(C)OC(=O)N1CCC(O)(CC(=O)CC(=O)c2ccncc2)CC1. The van der Waals surface area contributed by atoms with Gasteiger partial charge in [-0.15, -0.1) is 0 Å². The molecule has 1 amide bonds. The highest BCUT2D eigenvalue weighted by atomic mass is 16.6. The van der Waals surface area contributed by atoms with E-state index in [-0.39, 0.29) is 37.2 Å². The summed E-state index contributed by atoms with van der Waals surface area (Å²) >= 11 is 0. The smallest absolute Gasteiger partial charge is 0.410 e. The summed E-state index contributed by atoms with van der Waals surface area (Å²) in [6.07, 6.45) is 2.80. The molecule has 1 fully saturated rings. The highest BCUT2D eigenvalue weighted by Crippen LogP contribution is 2.27. The first-order valence-corrected chi connectivity index (χ1v) is 8.73. The fourth-order valence-electron chi connectivity index (χ4n) is 2.86. The summed E-state index contributed by atoms with van der Waals surface area (Å²) in [5.74, 6) is -0.591. The van der Waals surface area contributed by atoms with E-state index in [1.807, 2.05) is 0 Å². The number of hydrogen-bond acceptors (Lipinski definition) is 6. The quantitative estimate of drug-likeness (QED) is 0.638. The van der Waals surface area contributed by atoms with Gasteiger partial charge in [0.05, 0.1) is 12.0 Å². The van der Waals surface area contributed by atoms with Crippen LogP contribution >= 0.6 is 0 Å². The lowest BCUT2D eigenvalue weighted by Gasteiger charge is -2.38. The monoisotopic (exact) mass is 362 g/mol. The van der Waals surface area contributed by atoms with Crippen LogP contribution in [0.1, 0.15) is 56.8 Å². The molecule has 1 N–H and O–H groups in total. The predicted octanol–water partition coefficient (Wildman–Crippen LogP) is 2.38. The molecule has 0 radical (unpaired) electrons. The molecule has 2 rings (SSSR count). The molecule has 26 heavy (non-hydrogen) atoms. The second-order valence-electron chi connectivity index (χ2n) is 7.74. The van der Waals surface area contributed by atoms with E-state index in [0.717, 1.165) is 0 Å². The molecule has 1 aliphatic heterocycles. The van der Waals surface area contributed by atoms with E-state index >= 15 is 0 Å². The van der Waals surface area contributed by atoms with Gasteiger partial charge in [0.2, 0.25) is 0 Å². The highest BCUT2D eigenvalue weighted by molar-refractivity contribution is 6.08. The molecule has 7 heteroatoms. The number of Topliss-reactive ketones (excluding diaryl/α,β-unsaturated/α-hetero) is 2. The maximum atomic E-state index is 12.2. The fourth-order valence-corrected chi connectivity index (χ4v) is 2.86. The standard InChI is InChI=1S/C19H26N2O5/c1-18(2,3)26-17(24)21-10-6-19(25,7-11-21)13-15(22)12-16(23)14-4-8-20-9-5-14/h4-5,8-9,25H,6-7,10-13H2,1-3H3. The minimum atomic E-state index is -1.19. The van der Waals surface area contributed by atoms with Gasteiger partial charge in [0.15, 0.2) is 5.78 Å². The number of nitrogens with zero attached hydrogens (tertiary/aromatic N) is 2. The van der Waals surface area contributed by atoms with Gasteiger partial charge < -0.3 is 14.7 Å². The number of ketones is 2. The van der Waals surface area contributed by atoms with Crippen molar-refractivity contribution >= 4 is 17.7 Å². The summed E-state index contributed by atoms with van der Waals surface area (Å²) in [5, 5.41) is 10.6. The van der Waals surface area contributed by atoms with Gasteiger partial charge in [0, 0.05) is 37.5 Å². The Balaban J connectivity index is 1.84. The van der Waals surface area contributed by atoms with E-state index in [2.05, 4.69) is 4.98 Å². The van der Waals surface area contributed by atoms with Gasteiger partial charge in [-0.25, -0.2) is 4.79 Å². The third kappa shape index (κ3) is 5.91. The fraction of sp³-hybridized carbons (Fsp3) is 0.579. The van der Waals surface area contributed by atoms with Crippen LogP contribution in [0.15, 0.2) is 24.5 Å². The zero-order chi connectivity index (χ0) is 19.4. The lowest BCUT2D eigenvalue weighted by atomic mass is 9.85. The number of pyridine rings is 1. The van der Waals surface area contributed by atoms with Crippen molar-refractivity contribution in [2.24, 2.45) is 0 Å². The summed E-state index contributed by atoms with van der Waals surface area (Å²) in [6.45, 7) is 6.02. The minimum absolute atomic E-state index is 0.0913. The Morgan fingerprint density at radius 1 is 1.19 bits per heavy atom. The number of carbonyl (C=O) groups excluding carboxylic acids is 3. The molecule has 0 saturated carbocycles. The molecule has 0 spiro atoms. The summed E-state index contributed by atoms with van der Waals surface area (Å²) in [7, 11) is 0. The normalized spacial score (nSPS) is 16.8. The van der Waals surface area contributed by atoms with Crippen molar-refractivity contribution in [1.29, 1.82) is 0 Å². The molecule has 1 saturated heterocycles. The van der Waals surface area contributed by atoms with Crippen LogP contribution in [0, 0.1) is 0 Å². The van der Waals surface area contributed by atoms with E-state index in [4.69, 9.17) is 4.74 Å².